The second-order valence-corrected chi connectivity index (χ2v) is 7.92. The van der Waals surface area contributed by atoms with Crippen molar-refractivity contribution in [3.63, 3.8) is 0 Å². The highest BCUT2D eigenvalue weighted by atomic mass is 127. The van der Waals surface area contributed by atoms with E-state index in [1.165, 1.54) is 29.0 Å². The van der Waals surface area contributed by atoms with Crippen LogP contribution in [0.5, 0.6) is 0 Å². The molecule has 2 aromatic rings. The van der Waals surface area contributed by atoms with Crippen LogP contribution in [0.3, 0.4) is 0 Å². The Hall–Kier alpha value is -1.12. The fourth-order valence-electron chi connectivity index (χ4n) is 3.40. The summed E-state index contributed by atoms with van der Waals surface area (Å²) in [5, 5.41) is 9.02. The zero-order valence-electron chi connectivity index (χ0n) is 16.3. The van der Waals surface area contributed by atoms with E-state index in [1.54, 1.807) is 0 Å². The van der Waals surface area contributed by atoms with Gasteiger partial charge in [0.15, 0.2) is 5.96 Å². The summed E-state index contributed by atoms with van der Waals surface area (Å²) in [7, 11) is 1.84. The van der Waals surface area contributed by atoms with Crippen LogP contribution in [0.4, 0.5) is 0 Å². The number of nitrogens with zero attached hydrogens (tertiary/aromatic N) is 2. The first-order valence-corrected chi connectivity index (χ1v) is 10.4. The molecule has 0 radical (unpaired) electrons. The summed E-state index contributed by atoms with van der Waals surface area (Å²) in [6.07, 6.45) is 2.30. The Morgan fingerprint density at radius 1 is 1.19 bits per heavy atom. The minimum Gasteiger partial charge on any atom is -0.356 e. The Morgan fingerprint density at radius 3 is 2.74 bits per heavy atom. The first-order valence-electron chi connectivity index (χ1n) is 9.53. The smallest absolute Gasteiger partial charge is 0.190 e. The number of hydrogen-bond acceptors (Lipinski definition) is 3. The molecule has 2 heterocycles. The van der Waals surface area contributed by atoms with Gasteiger partial charge in [0.25, 0.3) is 0 Å². The van der Waals surface area contributed by atoms with E-state index in [0.717, 1.165) is 38.6 Å². The van der Waals surface area contributed by atoms with E-state index in [0.29, 0.717) is 5.92 Å². The third-order valence-corrected chi connectivity index (χ3v) is 6.09. The van der Waals surface area contributed by atoms with E-state index in [-0.39, 0.29) is 24.0 Å². The van der Waals surface area contributed by atoms with E-state index in [4.69, 9.17) is 0 Å². The van der Waals surface area contributed by atoms with Gasteiger partial charge < -0.3 is 10.6 Å². The van der Waals surface area contributed by atoms with E-state index >= 15 is 0 Å². The van der Waals surface area contributed by atoms with Gasteiger partial charge in [0.2, 0.25) is 0 Å². The number of fused-ring (bicyclic) bond motifs is 1. The van der Waals surface area contributed by atoms with Crippen molar-refractivity contribution >= 4 is 41.3 Å². The molecule has 27 heavy (non-hydrogen) atoms. The average Bonchev–Trinajstić information content (AvgIpc) is 3.22. The van der Waals surface area contributed by atoms with Gasteiger partial charge in [-0.3, -0.25) is 9.89 Å². The lowest BCUT2D eigenvalue weighted by molar-refractivity contribution is 0.251. The Bertz CT molecular complexity index is 702. The lowest BCUT2D eigenvalue weighted by Gasteiger charge is -2.28. The molecule has 1 aromatic carbocycles. The number of rotatable bonds is 7. The maximum absolute atomic E-state index is 4.34. The molecule has 4 nitrogen and oxygen atoms in total. The number of guanidine groups is 1. The van der Waals surface area contributed by atoms with Gasteiger partial charge in [-0.05, 0) is 35.4 Å². The molecule has 1 aliphatic rings. The zero-order valence-corrected chi connectivity index (χ0v) is 19.4. The lowest BCUT2D eigenvalue weighted by Crippen LogP contribution is -2.40. The molecular weight excluding hydrogens is 467 g/mol. The number of nitrogens with one attached hydrogen (secondary N) is 2. The highest BCUT2D eigenvalue weighted by molar-refractivity contribution is 14.0. The van der Waals surface area contributed by atoms with Gasteiger partial charge in [0.05, 0.1) is 0 Å². The van der Waals surface area contributed by atoms with Gasteiger partial charge in [0, 0.05) is 50.6 Å². The molecule has 0 amide bonds. The molecule has 1 atom stereocenters. The van der Waals surface area contributed by atoms with Crippen LogP contribution in [0.25, 0.3) is 0 Å². The van der Waals surface area contributed by atoms with Crippen molar-refractivity contribution in [2.24, 2.45) is 4.99 Å². The number of benzene rings is 1. The van der Waals surface area contributed by atoms with Crippen molar-refractivity contribution in [3.05, 3.63) is 57.8 Å². The molecule has 0 spiro atoms. The van der Waals surface area contributed by atoms with E-state index in [1.807, 2.05) is 18.4 Å². The summed E-state index contributed by atoms with van der Waals surface area (Å²) in [6, 6.07) is 13.1. The van der Waals surface area contributed by atoms with E-state index in [9.17, 15) is 0 Å². The number of hydrogen-bond donors (Lipinski definition) is 2. The molecule has 0 saturated heterocycles. The topological polar surface area (TPSA) is 39.7 Å². The van der Waals surface area contributed by atoms with Gasteiger partial charge in [-0.25, -0.2) is 0 Å². The second kappa shape index (κ2) is 11.7. The minimum atomic E-state index is 0. The van der Waals surface area contributed by atoms with Gasteiger partial charge in [-0.2, -0.15) is 0 Å². The fourth-order valence-corrected chi connectivity index (χ4v) is 4.18. The molecule has 0 bridgehead atoms. The molecule has 0 saturated carbocycles. The molecule has 0 fully saturated rings. The van der Waals surface area contributed by atoms with Crippen molar-refractivity contribution < 1.29 is 0 Å². The highest BCUT2D eigenvalue weighted by Gasteiger charge is 2.15. The zero-order chi connectivity index (χ0) is 18.2. The monoisotopic (exact) mass is 498 g/mol. The quantitative estimate of drug-likeness (QED) is 0.262. The summed E-state index contributed by atoms with van der Waals surface area (Å²) in [5.41, 5.74) is 3.01. The van der Waals surface area contributed by atoms with Crippen molar-refractivity contribution in [2.45, 2.75) is 32.2 Å². The number of thiophene rings is 1. The Balaban J connectivity index is 0.00000261. The van der Waals surface area contributed by atoms with Crippen LogP contribution in [-0.2, 0) is 13.0 Å². The van der Waals surface area contributed by atoms with Crippen LogP contribution in [0.2, 0.25) is 0 Å². The van der Waals surface area contributed by atoms with Crippen molar-refractivity contribution in [1.29, 1.82) is 0 Å². The highest BCUT2D eigenvalue weighted by Crippen LogP contribution is 2.20. The molecule has 1 aliphatic heterocycles. The first kappa shape index (κ1) is 22.2. The van der Waals surface area contributed by atoms with Crippen LogP contribution in [0.1, 0.15) is 35.3 Å². The maximum atomic E-state index is 4.34. The van der Waals surface area contributed by atoms with Crippen LogP contribution in [0.15, 0.2) is 46.8 Å². The summed E-state index contributed by atoms with van der Waals surface area (Å²) in [4.78, 5) is 8.31. The Labute approximate surface area is 184 Å². The van der Waals surface area contributed by atoms with Gasteiger partial charge >= 0.3 is 0 Å². The Morgan fingerprint density at radius 2 is 2.00 bits per heavy atom. The van der Waals surface area contributed by atoms with Crippen LogP contribution < -0.4 is 10.6 Å². The minimum absolute atomic E-state index is 0. The normalized spacial score (nSPS) is 15.6. The van der Waals surface area contributed by atoms with E-state index < -0.39 is 0 Å². The molecule has 3 rings (SSSR count). The van der Waals surface area contributed by atoms with Crippen molar-refractivity contribution in [1.82, 2.24) is 15.5 Å². The fraction of sp³-hybridized carbons (Fsp3) is 0.476. The third-order valence-electron chi connectivity index (χ3n) is 4.98. The van der Waals surface area contributed by atoms with Crippen molar-refractivity contribution in [2.75, 3.05) is 33.2 Å². The van der Waals surface area contributed by atoms with Gasteiger partial charge in [-0.1, -0.05) is 37.3 Å². The SMILES string of the molecule is CN=C(NCCCN1CCc2ccccc2C1)NCC(C)c1cccs1.I. The molecule has 1 unspecified atom stereocenters. The van der Waals surface area contributed by atoms with Gasteiger partial charge in [0.1, 0.15) is 0 Å². The van der Waals surface area contributed by atoms with Crippen molar-refractivity contribution in [3.8, 4) is 0 Å². The number of halogens is 1. The largest absolute Gasteiger partial charge is 0.356 e. The molecule has 1 aromatic heterocycles. The third kappa shape index (κ3) is 6.76. The summed E-state index contributed by atoms with van der Waals surface area (Å²) >= 11 is 1.82. The van der Waals surface area contributed by atoms with Gasteiger partial charge in [-0.15, -0.1) is 35.3 Å². The van der Waals surface area contributed by atoms with Crippen LogP contribution in [-0.4, -0.2) is 44.1 Å². The summed E-state index contributed by atoms with van der Waals surface area (Å²) in [5.74, 6) is 1.40. The lowest BCUT2D eigenvalue weighted by atomic mass is 10.00. The van der Waals surface area contributed by atoms with Crippen LogP contribution >= 0.6 is 35.3 Å². The molecular formula is C21H31IN4S. The summed E-state index contributed by atoms with van der Waals surface area (Å²) < 4.78 is 0. The molecule has 2 N–H and O–H groups in total. The Kier molecular flexibility index (Phi) is 9.58. The maximum Gasteiger partial charge on any atom is 0.190 e. The second-order valence-electron chi connectivity index (χ2n) is 6.94. The number of aliphatic imine (C=N–C) groups is 1. The predicted molar refractivity (Wildman–Crippen MR) is 128 cm³/mol. The van der Waals surface area contributed by atoms with Crippen LogP contribution in [0, 0.1) is 0 Å². The van der Waals surface area contributed by atoms with E-state index in [2.05, 4.69) is 69.2 Å². The molecule has 0 aliphatic carbocycles. The predicted octanol–water partition coefficient (Wildman–Crippen LogP) is 4.08. The first-order chi connectivity index (χ1) is 12.8. The summed E-state index contributed by atoms with van der Waals surface area (Å²) in [6.45, 7) is 7.49. The average molecular weight is 498 g/mol. The molecule has 6 heteroatoms. The standard InChI is InChI=1S/C21H30N4S.HI/c1-17(20-9-5-14-26-20)15-24-21(22-2)23-11-6-12-25-13-10-18-7-3-4-8-19(18)16-25;/h3-5,7-9,14,17H,6,10-13,15-16H2,1-2H3,(H2,22,23,24);1H. The molecule has 148 valence electrons.